The molecule has 0 aliphatic heterocycles. The Hall–Kier alpha value is -1.73. The zero-order chi connectivity index (χ0) is 14.7. The van der Waals surface area contributed by atoms with Gasteiger partial charge in [-0.3, -0.25) is 0 Å². The smallest absolute Gasteiger partial charge is 0.416 e. The van der Waals surface area contributed by atoms with Crippen LogP contribution in [0.25, 0.3) is 0 Å². The largest absolute Gasteiger partial charge is 0.461 e. The Bertz CT molecular complexity index is 453. The van der Waals surface area contributed by atoms with E-state index in [1.54, 1.807) is 0 Å². The summed E-state index contributed by atoms with van der Waals surface area (Å²) in [7, 11) is 0. The molecular formula is C11H10F5NO2. The summed E-state index contributed by atoms with van der Waals surface area (Å²) >= 11 is 0. The predicted molar refractivity (Wildman–Crippen MR) is 54.8 cm³/mol. The summed E-state index contributed by atoms with van der Waals surface area (Å²) in [6, 6.07) is 1.20. The Kier molecular flexibility index (Phi) is 4.43. The molecule has 0 fully saturated rings. The van der Waals surface area contributed by atoms with Gasteiger partial charge in [-0.1, -0.05) is 0 Å². The number of carbonyl (C=O) groups is 1. The molecule has 0 aliphatic rings. The number of hydrogen-bond donors (Lipinski definition) is 0. The maximum absolute atomic E-state index is 12.4. The lowest BCUT2D eigenvalue weighted by Gasteiger charge is -2.10. The highest BCUT2D eigenvalue weighted by atomic mass is 19.4. The molecule has 0 atom stereocenters. The normalized spacial score (nSPS) is 12.3. The summed E-state index contributed by atoms with van der Waals surface area (Å²) in [6.07, 6.45) is -4.53. The van der Waals surface area contributed by atoms with Gasteiger partial charge in [-0.15, -0.1) is 0 Å². The second kappa shape index (κ2) is 5.50. The molecule has 0 amide bonds. The quantitative estimate of drug-likeness (QED) is 0.628. The lowest BCUT2D eigenvalue weighted by Crippen LogP contribution is -2.17. The van der Waals surface area contributed by atoms with Gasteiger partial charge in [0.1, 0.15) is 5.69 Å². The number of carbonyl (C=O) groups excluding carboxylic acids is 1. The fourth-order valence-corrected chi connectivity index (χ4v) is 1.12. The molecular weight excluding hydrogens is 273 g/mol. The molecule has 19 heavy (non-hydrogen) atoms. The van der Waals surface area contributed by atoms with E-state index in [9.17, 15) is 26.7 Å². The van der Waals surface area contributed by atoms with Crippen LogP contribution in [0.5, 0.6) is 0 Å². The van der Waals surface area contributed by atoms with Crippen molar-refractivity contribution in [1.82, 2.24) is 4.98 Å². The number of hydrogen-bond acceptors (Lipinski definition) is 3. The molecule has 1 heterocycles. The van der Waals surface area contributed by atoms with Gasteiger partial charge < -0.3 is 4.74 Å². The number of aromatic nitrogens is 1. The van der Waals surface area contributed by atoms with Crippen LogP contribution in [0.15, 0.2) is 18.3 Å². The number of alkyl halides is 5. The summed E-state index contributed by atoms with van der Waals surface area (Å²) in [5, 5.41) is 0. The fourth-order valence-electron chi connectivity index (χ4n) is 1.12. The lowest BCUT2D eigenvalue weighted by molar-refractivity contribution is -0.137. The molecule has 0 radical (unpaired) electrons. The summed E-state index contributed by atoms with van der Waals surface area (Å²) in [5.41, 5.74) is -1.63. The van der Waals surface area contributed by atoms with Gasteiger partial charge in [-0.2, -0.15) is 13.2 Å². The second-order valence-corrected chi connectivity index (χ2v) is 3.88. The minimum atomic E-state index is -4.62. The number of ether oxygens (including phenoxy) is 1. The Labute approximate surface area is 105 Å². The van der Waals surface area contributed by atoms with E-state index in [1.807, 2.05) is 0 Å². The van der Waals surface area contributed by atoms with Crippen molar-refractivity contribution in [1.29, 1.82) is 0 Å². The molecule has 0 bridgehead atoms. The monoisotopic (exact) mass is 283 g/mol. The topological polar surface area (TPSA) is 39.2 Å². The molecule has 0 N–H and O–H groups in total. The summed E-state index contributed by atoms with van der Waals surface area (Å²) in [5.74, 6) is -4.18. The number of esters is 1. The van der Waals surface area contributed by atoms with Crippen molar-refractivity contribution in [3.05, 3.63) is 29.6 Å². The molecule has 1 aromatic heterocycles. The van der Waals surface area contributed by atoms with E-state index in [-0.39, 0.29) is 0 Å². The molecule has 0 spiro atoms. The number of pyridine rings is 1. The minimum absolute atomic E-state index is 0.506. The fraction of sp³-hybridized carbons (Fsp3) is 0.455. The van der Waals surface area contributed by atoms with Crippen LogP contribution in [-0.2, 0) is 10.9 Å². The Morgan fingerprint density at radius 2 is 1.95 bits per heavy atom. The minimum Gasteiger partial charge on any atom is -0.461 e. The zero-order valence-corrected chi connectivity index (χ0v) is 9.80. The van der Waals surface area contributed by atoms with Gasteiger partial charge >= 0.3 is 12.1 Å². The first kappa shape index (κ1) is 15.3. The van der Waals surface area contributed by atoms with E-state index in [0.29, 0.717) is 19.1 Å². The van der Waals surface area contributed by atoms with E-state index in [1.165, 1.54) is 0 Å². The van der Waals surface area contributed by atoms with Crippen LogP contribution in [0.1, 0.15) is 29.4 Å². The highest BCUT2D eigenvalue weighted by molar-refractivity contribution is 5.87. The van der Waals surface area contributed by atoms with E-state index in [0.717, 1.165) is 6.20 Å². The molecule has 8 heteroatoms. The first-order valence-corrected chi connectivity index (χ1v) is 5.18. The van der Waals surface area contributed by atoms with Gasteiger partial charge in [0, 0.05) is 12.6 Å². The van der Waals surface area contributed by atoms with E-state index >= 15 is 0 Å². The maximum Gasteiger partial charge on any atom is 0.416 e. The molecule has 0 aromatic carbocycles. The van der Waals surface area contributed by atoms with Crippen LogP contribution in [0.4, 0.5) is 22.0 Å². The molecule has 3 nitrogen and oxygen atoms in total. The van der Waals surface area contributed by atoms with Gasteiger partial charge in [0.25, 0.3) is 0 Å². The standard InChI is InChI=1S/C11H10F5NO2/c1-10(12,13)3-5-19-9(18)8-6-7(2-4-17-8)11(14,15)16/h2,4,6H,3,5H2,1H3. The Morgan fingerprint density at radius 3 is 2.47 bits per heavy atom. The number of halogens is 5. The summed E-state index contributed by atoms with van der Waals surface area (Å²) < 4.78 is 66.4. The molecule has 0 aliphatic carbocycles. The van der Waals surface area contributed by atoms with Gasteiger partial charge in [-0.05, 0) is 19.1 Å². The molecule has 0 unspecified atom stereocenters. The van der Waals surface area contributed by atoms with Crippen molar-refractivity contribution in [2.75, 3.05) is 6.61 Å². The first-order chi connectivity index (χ1) is 8.59. The van der Waals surface area contributed by atoms with E-state index in [4.69, 9.17) is 0 Å². The molecule has 0 saturated heterocycles. The highest BCUT2D eigenvalue weighted by Crippen LogP contribution is 2.29. The van der Waals surface area contributed by atoms with Crippen LogP contribution in [0, 0.1) is 0 Å². The lowest BCUT2D eigenvalue weighted by atomic mass is 10.2. The van der Waals surface area contributed by atoms with Crippen molar-refractivity contribution < 1.29 is 31.5 Å². The van der Waals surface area contributed by atoms with Crippen LogP contribution in [0.3, 0.4) is 0 Å². The van der Waals surface area contributed by atoms with Crippen molar-refractivity contribution in [3.8, 4) is 0 Å². The van der Waals surface area contributed by atoms with Gasteiger partial charge in [-0.25, -0.2) is 18.6 Å². The van der Waals surface area contributed by atoms with Crippen molar-refractivity contribution in [3.63, 3.8) is 0 Å². The second-order valence-electron chi connectivity index (χ2n) is 3.88. The SMILES string of the molecule is CC(F)(F)CCOC(=O)c1cc(C(F)(F)F)ccn1. The van der Waals surface area contributed by atoms with Crippen LogP contribution in [0.2, 0.25) is 0 Å². The first-order valence-electron chi connectivity index (χ1n) is 5.18. The van der Waals surface area contributed by atoms with Crippen molar-refractivity contribution >= 4 is 5.97 Å². The third-order valence-electron chi connectivity index (χ3n) is 2.07. The summed E-state index contributed by atoms with van der Waals surface area (Å²) in [4.78, 5) is 14.7. The summed E-state index contributed by atoms with van der Waals surface area (Å²) in [6.45, 7) is 0.0453. The highest BCUT2D eigenvalue weighted by Gasteiger charge is 2.31. The van der Waals surface area contributed by atoms with Crippen LogP contribution < -0.4 is 0 Å². The maximum atomic E-state index is 12.4. The van der Waals surface area contributed by atoms with Crippen LogP contribution >= 0.6 is 0 Å². The van der Waals surface area contributed by atoms with Gasteiger partial charge in [0.2, 0.25) is 5.92 Å². The van der Waals surface area contributed by atoms with E-state index in [2.05, 4.69) is 9.72 Å². The molecule has 106 valence electrons. The van der Waals surface area contributed by atoms with Crippen molar-refractivity contribution in [2.24, 2.45) is 0 Å². The number of nitrogens with zero attached hydrogens (tertiary/aromatic N) is 1. The van der Waals surface area contributed by atoms with Crippen molar-refractivity contribution in [2.45, 2.75) is 25.4 Å². The average Bonchev–Trinajstić information content (AvgIpc) is 2.26. The number of rotatable bonds is 4. The third-order valence-corrected chi connectivity index (χ3v) is 2.07. The average molecular weight is 283 g/mol. The zero-order valence-electron chi connectivity index (χ0n) is 9.80. The van der Waals surface area contributed by atoms with Gasteiger partial charge in [0.05, 0.1) is 12.2 Å². The Morgan fingerprint density at radius 1 is 1.32 bits per heavy atom. The van der Waals surface area contributed by atoms with E-state index < -0.39 is 42.4 Å². The van der Waals surface area contributed by atoms with Crippen LogP contribution in [-0.4, -0.2) is 23.5 Å². The molecule has 0 saturated carbocycles. The molecule has 1 rings (SSSR count). The molecule has 1 aromatic rings. The van der Waals surface area contributed by atoms with Gasteiger partial charge in [0.15, 0.2) is 0 Å². The predicted octanol–water partition coefficient (Wildman–Crippen LogP) is 3.30. The third kappa shape index (κ3) is 5.19. The Balaban J connectivity index is 2.68.